The van der Waals surface area contributed by atoms with Gasteiger partial charge in [-0.1, -0.05) is 49.2 Å². The summed E-state index contributed by atoms with van der Waals surface area (Å²) in [5.41, 5.74) is 3.04. The maximum absolute atomic E-state index is 12.4. The summed E-state index contributed by atoms with van der Waals surface area (Å²) in [6.45, 7) is 2.00. The van der Waals surface area contributed by atoms with Gasteiger partial charge in [0.05, 0.1) is 5.69 Å². The van der Waals surface area contributed by atoms with Crippen LogP contribution in [0.15, 0.2) is 65.5 Å². The van der Waals surface area contributed by atoms with Crippen molar-refractivity contribution in [3.63, 3.8) is 0 Å². The predicted molar refractivity (Wildman–Crippen MR) is 113 cm³/mol. The van der Waals surface area contributed by atoms with Crippen molar-refractivity contribution >= 4 is 23.2 Å². The molecule has 0 unspecified atom stereocenters. The molecule has 1 aromatic heterocycles. The van der Waals surface area contributed by atoms with E-state index in [-0.39, 0.29) is 18.0 Å². The SMILES string of the molecule is CCCCc1ccc(NC(=O)Cn2nc(-c3ccc(Cl)cc3)ccc2=O)cc1. The van der Waals surface area contributed by atoms with Crippen molar-refractivity contribution < 1.29 is 4.79 Å². The summed E-state index contributed by atoms with van der Waals surface area (Å²) < 4.78 is 1.16. The Morgan fingerprint density at radius 1 is 1.04 bits per heavy atom. The summed E-state index contributed by atoms with van der Waals surface area (Å²) in [6.07, 6.45) is 3.32. The smallest absolute Gasteiger partial charge is 0.267 e. The zero-order chi connectivity index (χ0) is 19.9. The molecule has 6 heteroatoms. The van der Waals surface area contributed by atoms with Crippen LogP contribution in [0.1, 0.15) is 25.3 Å². The lowest BCUT2D eigenvalue weighted by Gasteiger charge is -2.09. The van der Waals surface area contributed by atoms with E-state index in [9.17, 15) is 9.59 Å². The molecule has 1 amide bonds. The van der Waals surface area contributed by atoms with Gasteiger partial charge < -0.3 is 5.32 Å². The lowest BCUT2D eigenvalue weighted by atomic mass is 10.1. The van der Waals surface area contributed by atoms with Crippen molar-refractivity contribution in [2.45, 2.75) is 32.7 Å². The van der Waals surface area contributed by atoms with Gasteiger partial charge in [0.2, 0.25) is 5.91 Å². The number of aryl methyl sites for hydroxylation is 1. The lowest BCUT2D eigenvalue weighted by molar-refractivity contribution is -0.117. The van der Waals surface area contributed by atoms with Crippen LogP contribution in [0, 0.1) is 0 Å². The average Bonchev–Trinajstić information content (AvgIpc) is 2.70. The minimum Gasteiger partial charge on any atom is -0.324 e. The first-order valence-electron chi connectivity index (χ1n) is 9.28. The van der Waals surface area contributed by atoms with E-state index in [2.05, 4.69) is 17.3 Å². The number of aromatic nitrogens is 2. The lowest BCUT2D eigenvalue weighted by Crippen LogP contribution is -2.29. The Labute approximate surface area is 169 Å². The molecule has 0 aliphatic rings. The number of benzene rings is 2. The highest BCUT2D eigenvalue weighted by molar-refractivity contribution is 6.30. The van der Waals surface area contributed by atoms with Crippen LogP contribution in [-0.2, 0) is 17.8 Å². The van der Waals surface area contributed by atoms with Crippen LogP contribution >= 0.6 is 11.6 Å². The Balaban J connectivity index is 1.69. The van der Waals surface area contributed by atoms with Gasteiger partial charge in [-0.2, -0.15) is 5.10 Å². The van der Waals surface area contributed by atoms with Gasteiger partial charge in [-0.25, -0.2) is 4.68 Å². The number of carbonyl (C=O) groups is 1. The van der Waals surface area contributed by atoms with Gasteiger partial charge >= 0.3 is 0 Å². The second-order valence-electron chi connectivity index (χ2n) is 6.57. The summed E-state index contributed by atoms with van der Waals surface area (Å²) in [5.74, 6) is -0.302. The number of nitrogens with one attached hydrogen (secondary N) is 1. The molecule has 0 radical (unpaired) electrons. The molecule has 1 N–H and O–H groups in total. The Kier molecular flexibility index (Phi) is 6.61. The maximum Gasteiger partial charge on any atom is 0.267 e. The van der Waals surface area contributed by atoms with Gasteiger partial charge in [-0.3, -0.25) is 9.59 Å². The second kappa shape index (κ2) is 9.33. The van der Waals surface area contributed by atoms with E-state index in [0.717, 1.165) is 29.5 Å². The Hall–Kier alpha value is -2.92. The van der Waals surface area contributed by atoms with E-state index in [1.165, 1.54) is 11.6 Å². The third-order valence-electron chi connectivity index (χ3n) is 4.36. The molecular weight excluding hydrogens is 374 g/mol. The second-order valence-corrected chi connectivity index (χ2v) is 7.01. The monoisotopic (exact) mass is 395 g/mol. The molecule has 0 bridgehead atoms. The highest BCUT2D eigenvalue weighted by Crippen LogP contribution is 2.18. The largest absolute Gasteiger partial charge is 0.324 e. The van der Waals surface area contributed by atoms with Crippen molar-refractivity contribution in [3.8, 4) is 11.3 Å². The van der Waals surface area contributed by atoms with Crippen LogP contribution in [0.2, 0.25) is 5.02 Å². The minimum absolute atomic E-state index is 0.155. The van der Waals surface area contributed by atoms with Crippen LogP contribution < -0.4 is 10.9 Å². The first-order valence-corrected chi connectivity index (χ1v) is 9.66. The fourth-order valence-electron chi connectivity index (χ4n) is 2.81. The van der Waals surface area contributed by atoms with Crippen molar-refractivity contribution in [2.24, 2.45) is 0 Å². The zero-order valence-corrected chi connectivity index (χ0v) is 16.4. The van der Waals surface area contributed by atoms with Gasteiger partial charge in [0.15, 0.2) is 0 Å². The van der Waals surface area contributed by atoms with Crippen LogP contribution in [0.5, 0.6) is 0 Å². The van der Waals surface area contributed by atoms with Crippen LogP contribution in [0.3, 0.4) is 0 Å². The van der Waals surface area contributed by atoms with E-state index in [1.54, 1.807) is 18.2 Å². The number of carbonyl (C=O) groups excluding carboxylic acids is 1. The molecule has 2 aromatic carbocycles. The number of halogens is 1. The molecule has 3 aromatic rings. The number of amides is 1. The first kappa shape index (κ1) is 19.8. The minimum atomic E-state index is -0.331. The maximum atomic E-state index is 12.4. The normalized spacial score (nSPS) is 10.6. The molecule has 0 spiro atoms. The highest BCUT2D eigenvalue weighted by Gasteiger charge is 2.09. The number of nitrogens with zero attached hydrogens (tertiary/aromatic N) is 2. The Morgan fingerprint density at radius 3 is 2.43 bits per heavy atom. The van der Waals surface area contributed by atoms with Gasteiger partial charge in [0, 0.05) is 22.3 Å². The first-order chi connectivity index (χ1) is 13.5. The van der Waals surface area contributed by atoms with Crippen molar-refractivity contribution in [2.75, 3.05) is 5.32 Å². The van der Waals surface area contributed by atoms with Gasteiger partial charge in [-0.05, 0) is 48.7 Å². The summed E-state index contributed by atoms with van der Waals surface area (Å²) in [6, 6.07) is 18.0. The quantitative estimate of drug-likeness (QED) is 0.638. The van der Waals surface area contributed by atoms with Crippen LogP contribution in [-0.4, -0.2) is 15.7 Å². The van der Waals surface area contributed by atoms with E-state index >= 15 is 0 Å². The molecular formula is C22H22ClN3O2. The summed E-state index contributed by atoms with van der Waals surface area (Å²) in [5, 5.41) is 7.74. The molecule has 5 nitrogen and oxygen atoms in total. The number of anilines is 1. The summed E-state index contributed by atoms with van der Waals surface area (Å²) >= 11 is 5.91. The van der Waals surface area contributed by atoms with Crippen molar-refractivity contribution in [1.29, 1.82) is 0 Å². The van der Waals surface area contributed by atoms with Crippen LogP contribution in [0.4, 0.5) is 5.69 Å². The van der Waals surface area contributed by atoms with Gasteiger partial charge in [0.25, 0.3) is 5.56 Å². The number of unbranched alkanes of at least 4 members (excludes halogenated alkanes) is 1. The van der Waals surface area contributed by atoms with Gasteiger partial charge in [-0.15, -0.1) is 0 Å². The van der Waals surface area contributed by atoms with E-state index in [4.69, 9.17) is 11.6 Å². The molecule has 144 valence electrons. The highest BCUT2D eigenvalue weighted by atomic mass is 35.5. The number of hydrogen-bond acceptors (Lipinski definition) is 3. The zero-order valence-electron chi connectivity index (χ0n) is 15.7. The fraction of sp³-hybridized carbons (Fsp3) is 0.227. The standard InChI is InChI=1S/C22H22ClN3O2/c1-2-3-4-16-5-11-19(12-6-16)24-21(27)15-26-22(28)14-13-20(25-26)17-7-9-18(23)10-8-17/h5-14H,2-4,15H2,1H3,(H,24,27). The predicted octanol–water partition coefficient (Wildman–Crippen LogP) is 4.55. The third-order valence-corrected chi connectivity index (χ3v) is 4.61. The third kappa shape index (κ3) is 5.30. The summed E-state index contributed by atoms with van der Waals surface area (Å²) in [4.78, 5) is 24.4. The van der Waals surface area contributed by atoms with E-state index < -0.39 is 0 Å². The number of hydrogen-bond donors (Lipinski definition) is 1. The fourth-order valence-corrected chi connectivity index (χ4v) is 2.93. The van der Waals surface area contributed by atoms with Crippen LogP contribution in [0.25, 0.3) is 11.3 Å². The molecule has 3 rings (SSSR count). The number of rotatable bonds is 7. The average molecular weight is 396 g/mol. The molecule has 0 atom stereocenters. The summed E-state index contributed by atoms with van der Waals surface area (Å²) in [7, 11) is 0. The molecule has 1 heterocycles. The van der Waals surface area contributed by atoms with Crippen molar-refractivity contribution in [1.82, 2.24) is 9.78 Å². The molecule has 0 saturated heterocycles. The van der Waals surface area contributed by atoms with Gasteiger partial charge in [0.1, 0.15) is 6.54 Å². The molecule has 28 heavy (non-hydrogen) atoms. The Morgan fingerprint density at radius 2 is 1.75 bits per heavy atom. The molecule has 0 aliphatic carbocycles. The molecule has 0 aliphatic heterocycles. The Bertz CT molecular complexity index is 996. The van der Waals surface area contributed by atoms with Crippen molar-refractivity contribution in [3.05, 3.63) is 81.6 Å². The molecule has 0 saturated carbocycles. The van der Waals surface area contributed by atoms with E-state index in [0.29, 0.717) is 16.4 Å². The van der Waals surface area contributed by atoms with E-state index in [1.807, 2.05) is 36.4 Å². The molecule has 0 fully saturated rings. The topological polar surface area (TPSA) is 64.0 Å².